The van der Waals surface area contributed by atoms with E-state index in [0.29, 0.717) is 11.5 Å². The highest BCUT2D eigenvalue weighted by Crippen LogP contribution is 2.33. The van der Waals surface area contributed by atoms with Gasteiger partial charge in [0.05, 0.1) is 38.3 Å². The van der Waals surface area contributed by atoms with Crippen molar-refractivity contribution in [2.75, 3.05) is 26.2 Å². The number of rotatable bonds is 8. The summed E-state index contributed by atoms with van der Waals surface area (Å²) in [6.45, 7) is 19.9. The van der Waals surface area contributed by atoms with E-state index in [1.165, 1.54) is 56.3 Å². The summed E-state index contributed by atoms with van der Waals surface area (Å²) < 4.78 is 2.64. The molecule has 2 aromatic rings. The van der Waals surface area contributed by atoms with Crippen molar-refractivity contribution in [3.63, 3.8) is 0 Å². The zero-order valence-corrected chi connectivity index (χ0v) is 30.4. The van der Waals surface area contributed by atoms with E-state index in [4.69, 9.17) is 9.98 Å². The molecule has 2 atom stereocenters. The first-order valence-electron chi connectivity index (χ1n) is 18.4. The number of benzene rings is 2. The summed E-state index contributed by atoms with van der Waals surface area (Å²) in [7, 11) is 0. The van der Waals surface area contributed by atoms with Gasteiger partial charge < -0.3 is 10.2 Å². The standard InChI is InChI=1S/C41H60N4O2/c1-29-23-33(40(2,3)4)25-31(38(29)46)27-42-35-16-10-11-17-36(35)43-28-32-26-34(41(5,6)7)24-30(39(32)47)15-13-20-45-22-14-21-44-19-12-8-9-18-37(44)45/h23-28,35-36H,8-22H2,1-7H3,(H-,42,43,46,47)/p+1. The number of phenols is 2. The lowest BCUT2D eigenvalue weighted by Gasteiger charge is -2.27. The molecule has 5 rings (SSSR count). The minimum Gasteiger partial charge on any atom is -0.507 e. The predicted molar refractivity (Wildman–Crippen MR) is 198 cm³/mol. The second-order valence-corrected chi connectivity index (χ2v) is 16.4. The van der Waals surface area contributed by atoms with E-state index in [2.05, 4.69) is 75.3 Å². The Labute approximate surface area is 284 Å². The van der Waals surface area contributed by atoms with Gasteiger partial charge in [0.15, 0.2) is 0 Å². The Bertz CT molecular complexity index is 1490. The topological polar surface area (TPSA) is 71.4 Å². The molecule has 2 aliphatic heterocycles. The minimum atomic E-state index is -0.0337. The third-order valence-corrected chi connectivity index (χ3v) is 10.6. The van der Waals surface area contributed by atoms with E-state index in [0.717, 1.165) is 73.9 Å². The van der Waals surface area contributed by atoms with Crippen molar-refractivity contribution in [3.05, 3.63) is 57.6 Å². The van der Waals surface area contributed by atoms with Crippen LogP contribution in [0.25, 0.3) is 0 Å². The fourth-order valence-corrected chi connectivity index (χ4v) is 7.50. The first-order valence-corrected chi connectivity index (χ1v) is 18.4. The Morgan fingerprint density at radius 3 is 2.00 bits per heavy atom. The molecule has 0 radical (unpaired) electrons. The van der Waals surface area contributed by atoms with Crippen LogP contribution in [0.15, 0.2) is 34.3 Å². The molecule has 47 heavy (non-hydrogen) atoms. The van der Waals surface area contributed by atoms with Crippen LogP contribution < -0.4 is 0 Å². The highest BCUT2D eigenvalue weighted by atomic mass is 16.3. The molecule has 0 bridgehead atoms. The third-order valence-electron chi connectivity index (χ3n) is 10.6. The average molecular weight is 642 g/mol. The fourth-order valence-electron chi connectivity index (χ4n) is 7.50. The molecule has 2 heterocycles. The summed E-state index contributed by atoms with van der Waals surface area (Å²) in [5.41, 5.74) is 5.88. The molecule has 2 unspecified atom stereocenters. The van der Waals surface area contributed by atoms with Gasteiger partial charge in [-0.2, -0.15) is 0 Å². The van der Waals surface area contributed by atoms with Crippen molar-refractivity contribution >= 4 is 18.3 Å². The Kier molecular flexibility index (Phi) is 11.2. The Balaban J connectivity index is 1.34. The quantitative estimate of drug-likeness (QED) is 0.224. The summed E-state index contributed by atoms with van der Waals surface area (Å²) in [6, 6.07) is 8.60. The SMILES string of the molecule is Cc1cc(C(C)(C)C)cc(C=NC2CCCCC2N=Cc2cc(C(C)(C)C)cc(CCCN3CCC[N+]4=C3CCCCC4)c2O)c1O. The molecule has 0 spiro atoms. The first kappa shape index (κ1) is 35.2. The maximum absolute atomic E-state index is 11.6. The van der Waals surface area contributed by atoms with Crippen LogP contribution in [-0.2, 0) is 17.3 Å². The van der Waals surface area contributed by atoms with E-state index < -0.39 is 0 Å². The lowest BCUT2D eigenvalue weighted by molar-refractivity contribution is -0.539. The van der Waals surface area contributed by atoms with Crippen LogP contribution in [0.1, 0.15) is 139 Å². The molecule has 1 fully saturated rings. The summed E-state index contributed by atoms with van der Waals surface area (Å²) in [6.07, 6.45) is 16.3. The van der Waals surface area contributed by atoms with Gasteiger partial charge in [0.25, 0.3) is 0 Å². The van der Waals surface area contributed by atoms with Crippen molar-refractivity contribution in [3.8, 4) is 11.5 Å². The first-order chi connectivity index (χ1) is 22.3. The number of hydrogen-bond donors (Lipinski definition) is 2. The van der Waals surface area contributed by atoms with Gasteiger partial charge in [0, 0.05) is 36.4 Å². The summed E-state index contributed by atoms with van der Waals surface area (Å²) in [5.74, 6) is 2.24. The highest BCUT2D eigenvalue weighted by Gasteiger charge is 2.29. The maximum atomic E-state index is 11.6. The largest absolute Gasteiger partial charge is 0.507 e. The van der Waals surface area contributed by atoms with Crippen molar-refractivity contribution in [1.29, 1.82) is 0 Å². The van der Waals surface area contributed by atoms with Crippen LogP contribution in [0.4, 0.5) is 0 Å². The molecular weight excluding hydrogens is 580 g/mol. The normalized spacial score (nSPS) is 21.5. The maximum Gasteiger partial charge on any atom is 0.246 e. The van der Waals surface area contributed by atoms with Gasteiger partial charge >= 0.3 is 0 Å². The summed E-state index contributed by atoms with van der Waals surface area (Å²) in [5, 5.41) is 22.4. The average Bonchev–Trinajstić information content (AvgIpc) is 3.27. The fraction of sp³-hybridized carbons (Fsp3) is 0.634. The second kappa shape index (κ2) is 15.0. The number of amidine groups is 1. The van der Waals surface area contributed by atoms with Crippen LogP contribution >= 0.6 is 0 Å². The number of hydrogen-bond acceptors (Lipinski definition) is 5. The molecule has 1 saturated carbocycles. The zero-order valence-electron chi connectivity index (χ0n) is 30.4. The lowest BCUT2D eigenvalue weighted by Crippen LogP contribution is -2.44. The Morgan fingerprint density at radius 2 is 1.36 bits per heavy atom. The van der Waals surface area contributed by atoms with Crippen molar-refractivity contribution in [2.24, 2.45) is 9.98 Å². The van der Waals surface area contributed by atoms with E-state index in [1.54, 1.807) is 5.84 Å². The molecule has 256 valence electrons. The van der Waals surface area contributed by atoms with Crippen LogP contribution in [0, 0.1) is 6.92 Å². The van der Waals surface area contributed by atoms with Crippen molar-refractivity contribution in [1.82, 2.24) is 4.90 Å². The molecule has 0 aromatic heterocycles. The Hall–Kier alpha value is -3.15. The molecule has 2 N–H and O–H groups in total. The molecule has 6 heteroatoms. The second-order valence-electron chi connectivity index (χ2n) is 16.4. The van der Waals surface area contributed by atoms with Crippen LogP contribution in [0.3, 0.4) is 0 Å². The molecule has 3 aliphatic rings. The lowest BCUT2D eigenvalue weighted by atomic mass is 9.84. The van der Waals surface area contributed by atoms with Crippen LogP contribution in [0.2, 0.25) is 0 Å². The number of aryl methyl sites for hydroxylation is 2. The van der Waals surface area contributed by atoms with E-state index in [1.807, 2.05) is 19.4 Å². The van der Waals surface area contributed by atoms with Gasteiger partial charge in [-0.1, -0.05) is 66.5 Å². The van der Waals surface area contributed by atoms with E-state index >= 15 is 0 Å². The number of phenolic OH excluding ortho intramolecular Hbond substituents is 2. The zero-order chi connectivity index (χ0) is 33.8. The molecule has 2 aromatic carbocycles. The van der Waals surface area contributed by atoms with Gasteiger partial charge in [-0.3, -0.25) is 19.5 Å². The monoisotopic (exact) mass is 641 g/mol. The van der Waals surface area contributed by atoms with E-state index in [-0.39, 0.29) is 22.9 Å². The molecular formula is C41H61N4O2+. The van der Waals surface area contributed by atoms with Crippen molar-refractivity contribution < 1.29 is 14.8 Å². The smallest absolute Gasteiger partial charge is 0.246 e. The predicted octanol–water partition coefficient (Wildman–Crippen LogP) is 8.47. The van der Waals surface area contributed by atoms with Gasteiger partial charge in [0.2, 0.25) is 5.84 Å². The van der Waals surface area contributed by atoms with Gasteiger partial charge in [0.1, 0.15) is 11.5 Å². The third kappa shape index (κ3) is 8.86. The number of aromatic hydroxyl groups is 2. The molecule has 0 amide bonds. The van der Waals surface area contributed by atoms with Gasteiger partial charge in [-0.25, -0.2) is 0 Å². The highest BCUT2D eigenvalue weighted by molar-refractivity contribution is 5.86. The molecule has 0 saturated heterocycles. The van der Waals surface area contributed by atoms with Crippen LogP contribution in [-0.4, -0.2) is 76.2 Å². The summed E-state index contributed by atoms with van der Waals surface area (Å²) >= 11 is 0. The van der Waals surface area contributed by atoms with E-state index in [9.17, 15) is 10.2 Å². The Morgan fingerprint density at radius 1 is 0.766 bits per heavy atom. The van der Waals surface area contributed by atoms with Gasteiger partial charge in [-0.05, 0) is 97.1 Å². The summed E-state index contributed by atoms with van der Waals surface area (Å²) in [4.78, 5) is 12.7. The number of aliphatic imine (C=N–C) groups is 2. The number of nitrogens with zero attached hydrogens (tertiary/aromatic N) is 4. The minimum absolute atomic E-state index is 0.0102. The van der Waals surface area contributed by atoms with Crippen LogP contribution in [0.5, 0.6) is 11.5 Å². The van der Waals surface area contributed by atoms with Gasteiger partial charge in [-0.15, -0.1) is 0 Å². The van der Waals surface area contributed by atoms with Crippen molar-refractivity contribution in [2.45, 2.75) is 142 Å². The molecule has 6 nitrogen and oxygen atoms in total. The molecule has 1 aliphatic carbocycles.